The van der Waals surface area contributed by atoms with Crippen molar-refractivity contribution < 1.29 is 0 Å². The first kappa shape index (κ1) is 35.6. The zero-order valence-electron chi connectivity index (χ0n) is 32.9. The lowest BCUT2D eigenvalue weighted by atomic mass is 9.95. The molecule has 0 saturated carbocycles. The zero-order valence-corrected chi connectivity index (χ0v) is 33.7. The van der Waals surface area contributed by atoms with Crippen LogP contribution in [0.2, 0.25) is 0 Å². The maximum absolute atomic E-state index is 2.41. The summed E-state index contributed by atoms with van der Waals surface area (Å²) in [5.41, 5.74) is 15.2. The number of fused-ring (bicyclic) bond motifs is 4. The topological polar surface area (TPSA) is 3.24 Å². The number of thiophene rings is 1. The summed E-state index contributed by atoms with van der Waals surface area (Å²) in [5, 5.41) is 5.14. The van der Waals surface area contributed by atoms with Crippen LogP contribution in [0.3, 0.4) is 0 Å². The molecule has 0 unspecified atom stereocenters. The zero-order chi connectivity index (χ0) is 39.8. The highest BCUT2D eigenvalue weighted by Gasteiger charge is 2.18. The molecular formula is C58H39NS. The molecule has 11 rings (SSSR count). The molecule has 1 aromatic heterocycles. The van der Waals surface area contributed by atoms with Crippen molar-refractivity contribution in [3.8, 4) is 55.6 Å². The Kier molecular flexibility index (Phi) is 9.11. The molecule has 0 spiro atoms. The third kappa shape index (κ3) is 6.73. The first-order chi connectivity index (χ1) is 29.7. The van der Waals surface area contributed by atoms with Gasteiger partial charge in [0.25, 0.3) is 0 Å². The number of rotatable bonds is 8. The Morgan fingerprint density at radius 1 is 0.250 bits per heavy atom. The van der Waals surface area contributed by atoms with E-state index in [0.29, 0.717) is 0 Å². The minimum absolute atomic E-state index is 1.09. The van der Waals surface area contributed by atoms with E-state index in [9.17, 15) is 0 Å². The van der Waals surface area contributed by atoms with Gasteiger partial charge in [0.2, 0.25) is 0 Å². The van der Waals surface area contributed by atoms with E-state index >= 15 is 0 Å². The number of nitrogens with zero attached hydrogens (tertiary/aromatic N) is 1. The summed E-state index contributed by atoms with van der Waals surface area (Å²) in [6, 6.07) is 86.3. The van der Waals surface area contributed by atoms with Crippen LogP contribution in [0.5, 0.6) is 0 Å². The minimum atomic E-state index is 1.09. The maximum atomic E-state index is 2.41. The molecule has 282 valence electrons. The first-order valence-corrected chi connectivity index (χ1v) is 21.3. The van der Waals surface area contributed by atoms with Crippen molar-refractivity contribution in [2.45, 2.75) is 0 Å². The van der Waals surface area contributed by atoms with Gasteiger partial charge in [-0.1, -0.05) is 170 Å². The molecule has 60 heavy (non-hydrogen) atoms. The molecular weight excluding hydrogens is 743 g/mol. The van der Waals surface area contributed by atoms with Crippen LogP contribution in [0.25, 0.3) is 86.6 Å². The summed E-state index contributed by atoms with van der Waals surface area (Å²) in [6.45, 7) is 0. The van der Waals surface area contributed by atoms with Gasteiger partial charge in [-0.05, 0) is 133 Å². The van der Waals surface area contributed by atoms with Gasteiger partial charge in [-0.15, -0.1) is 11.3 Å². The van der Waals surface area contributed by atoms with E-state index in [1.807, 2.05) is 11.3 Å². The summed E-state index contributed by atoms with van der Waals surface area (Å²) in [5.74, 6) is 0. The Balaban J connectivity index is 1.05. The second-order valence-electron chi connectivity index (χ2n) is 15.3. The largest absolute Gasteiger partial charge is 0.310 e. The molecule has 0 fully saturated rings. The normalized spacial score (nSPS) is 11.3. The molecule has 0 N–H and O–H groups in total. The third-order valence-corrected chi connectivity index (χ3v) is 12.8. The first-order valence-electron chi connectivity index (χ1n) is 20.5. The van der Waals surface area contributed by atoms with Crippen molar-refractivity contribution in [3.05, 3.63) is 237 Å². The van der Waals surface area contributed by atoms with Crippen LogP contribution in [0.4, 0.5) is 17.1 Å². The van der Waals surface area contributed by atoms with Crippen LogP contribution in [0.15, 0.2) is 237 Å². The predicted octanol–water partition coefficient (Wildman–Crippen LogP) is 17.0. The van der Waals surface area contributed by atoms with E-state index in [4.69, 9.17) is 0 Å². The van der Waals surface area contributed by atoms with Crippen molar-refractivity contribution in [2.75, 3.05) is 4.90 Å². The van der Waals surface area contributed by atoms with E-state index in [1.165, 1.54) is 81.0 Å². The molecule has 1 nitrogen and oxygen atoms in total. The Morgan fingerprint density at radius 2 is 0.750 bits per heavy atom. The van der Waals surface area contributed by atoms with Crippen LogP contribution < -0.4 is 4.90 Å². The summed E-state index contributed by atoms with van der Waals surface area (Å²) in [6.07, 6.45) is 0. The molecule has 1 heterocycles. The molecule has 0 aliphatic heterocycles. The van der Waals surface area contributed by atoms with Gasteiger partial charge < -0.3 is 4.90 Å². The van der Waals surface area contributed by atoms with Crippen molar-refractivity contribution >= 4 is 59.3 Å². The molecule has 0 atom stereocenters. The van der Waals surface area contributed by atoms with Crippen molar-refractivity contribution in [3.63, 3.8) is 0 Å². The van der Waals surface area contributed by atoms with Gasteiger partial charge in [0.05, 0.1) is 0 Å². The third-order valence-electron chi connectivity index (χ3n) is 11.6. The van der Waals surface area contributed by atoms with Gasteiger partial charge in [0, 0.05) is 37.2 Å². The number of hydrogen-bond donors (Lipinski definition) is 0. The SMILES string of the molecule is c1ccc(-c2cc(-c3ccccc3)cc(N(c3ccc(-c4ccc5sc6ccccc6c5c4)cc3)c3cccc(-c4cccc(-c5cccc6ccccc56)c4)c3)c2)cc1. The number of anilines is 3. The van der Waals surface area contributed by atoms with Crippen LogP contribution in [0.1, 0.15) is 0 Å². The second-order valence-corrected chi connectivity index (χ2v) is 16.4. The fourth-order valence-corrected chi connectivity index (χ4v) is 9.75. The van der Waals surface area contributed by atoms with E-state index < -0.39 is 0 Å². The molecule has 0 amide bonds. The van der Waals surface area contributed by atoms with Crippen molar-refractivity contribution in [2.24, 2.45) is 0 Å². The molecule has 0 radical (unpaired) electrons. The highest BCUT2D eigenvalue weighted by molar-refractivity contribution is 7.25. The van der Waals surface area contributed by atoms with Crippen LogP contribution in [0, 0.1) is 0 Å². The van der Waals surface area contributed by atoms with Crippen LogP contribution in [-0.4, -0.2) is 0 Å². The smallest absolute Gasteiger partial charge is 0.0473 e. The molecule has 0 bridgehead atoms. The highest BCUT2D eigenvalue weighted by Crippen LogP contribution is 2.43. The minimum Gasteiger partial charge on any atom is -0.310 e. The monoisotopic (exact) mass is 781 g/mol. The summed E-state index contributed by atoms with van der Waals surface area (Å²) in [4.78, 5) is 2.41. The van der Waals surface area contributed by atoms with Gasteiger partial charge in [0.15, 0.2) is 0 Å². The Bertz CT molecular complexity index is 3250. The molecule has 10 aromatic carbocycles. The summed E-state index contributed by atoms with van der Waals surface area (Å²) < 4.78 is 2.64. The highest BCUT2D eigenvalue weighted by atomic mass is 32.1. The van der Waals surface area contributed by atoms with Gasteiger partial charge in [-0.3, -0.25) is 0 Å². The maximum Gasteiger partial charge on any atom is 0.0473 e. The summed E-state index contributed by atoms with van der Waals surface area (Å²) >= 11 is 1.86. The van der Waals surface area contributed by atoms with E-state index in [0.717, 1.165) is 22.6 Å². The number of hydrogen-bond acceptors (Lipinski definition) is 2. The number of benzene rings is 10. The lowest BCUT2D eigenvalue weighted by Gasteiger charge is -2.27. The lowest BCUT2D eigenvalue weighted by molar-refractivity contribution is 1.28. The molecule has 0 saturated heterocycles. The van der Waals surface area contributed by atoms with Crippen LogP contribution in [-0.2, 0) is 0 Å². The average Bonchev–Trinajstić information content (AvgIpc) is 3.70. The van der Waals surface area contributed by atoms with E-state index in [2.05, 4.69) is 241 Å². The van der Waals surface area contributed by atoms with E-state index in [-0.39, 0.29) is 0 Å². The Labute approximate surface area is 354 Å². The standard InChI is InChI=1S/C58H39NS/c1-3-14-40(15-4-1)48-35-49(41-16-5-2-6-17-41)38-52(37-48)59(50-31-28-42(29-32-50)46-30-33-58-56(39-46)55-25-9-10-27-57(55)60-58)51-23-12-21-45(36-51)44-20-11-22-47(34-44)54-26-13-19-43-18-7-8-24-53(43)54/h1-39H. The van der Waals surface area contributed by atoms with Crippen LogP contribution >= 0.6 is 11.3 Å². The van der Waals surface area contributed by atoms with Gasteiger partial charge in [0.1, 0.15) is 0 Å². The predicted molar refractivity (Wildman–Crippen MR) is 259 cm³/mol. The van der Waals surface area contributed by atoms with Crippen molar-refractivity contribution in [1.29, 1.82) is 0 Å². The molecule has 2 heteroatoms. The lowest BCUT2D eigenvalue weighted by Crippen LogP contribution is -2.10. The summed E-state index contributed by atoms with van der Waals surface area (Å²) in [7, 11) is 0. The molecule has 11 aromatic rings. The quantitative estimate of drug-likeness (QED) is 0.148. The fraction of sp³-hybridized carbons (Fsp3) is 0. The van der Waals surface area contributed by atoms with Gasteiger partial charge in [-0.2, -0.15) is 0 Å². The molecule has 0 aliphatic carbocycles. The fourth-order valence-electron chi connectivity index (χ4n) is 8.66. The Hall–Kier alpha value is -7.52. The molecule has 0 aliphatic rings. The second kappa shape index (κ2) is 15.3. The van der Waals surface area contributed by atoms with E-state index in [1.54, 1.807) is 0 Å². The van der Waals surface area contributed by atoms with Gasteiger partial charge >= 0.3 is 0 Å². The van der Waals surface area contributed by atoms with Gasteiger partial charge in [-0.25, -0.2) is 0 Å². The Morgan fingerprint density at radius 3 is 1.52 bits per heavy atom. The van der Waals surface area contributed by atoms with Crippen molar-refractivity contribution in [1.82, 2.24) is 0 Å². The average molecular weight is 782 g/mol.